The molecule has 3 rings (SSSR count). The molecule has 0 aliphatic rings. The van der Waals surface area contributed by atoms with E-state index in [0.29, 0.717) is 5.11 Å². The first kappa shape index (κ1) is 16.8. The second kappa shape index (κ2) is 7.70. The highest BCUT2D eigenvalue weighted by Crippen LogP contribution is 2.30. The van der Waals surface area contributed by atoms with Crippen LogP contribution in [0, 0.1) is 0 Å². The van der Waals surface area contributed by atoms with Crippen LogP contribution in [0.4, 0.5) is 5.69 Å². The number of fused-ring (bicyclic) bond motifs is 1. The summed E-state index contributed by atoms with van der Waals surface area (Å²) in [5.74, 6) is 0. The van der Waals surface area contributed by atoms with Crippen molar-refractivity contribution in [3.63, 3.8) is 0 Å². The van der Waals surface area contributed by atoms with Gasteiger partial charge in [0.05, 0.1) is 10.2 Å². The Morgan fingerprint density at radius 2 is 1.88 bits per heavy atom. The molecule has 1 heterocycles. The molecular formula is C18H20N4S2. The molecular weight excluding hydrogens is 336 g/mol. The number of hydrogen-bond donors (Lipinski definition) is 2. The Morgan fingerprint density at radius 3 is 2.58 bits per heavy atom. The van der Waals surface area contributed by atoms with Gasteiger partial charge in [-0.25, -0.2) is 4.98 Å². The van der Waals surface area contributed by atoms with Crippen molar-refractivity contribution in [3.8, 4) is 10.6 Å². The van der Waals surface area contributed by atoms with Crippen LogP contribution < -0.4 is 10.6 Å². The largest absolute Gasteiger partial charge is 0.361 e. The number of rotatable bonds is 5. The highest BCUT2D eigenvalue weighted by molar-refractivity contribution is 7.80. The van der Waals surface area contributed by atoms with Crippen molar-refractivity contribution in [1.82, 2.24) is 15.2 Å². The molecule has 0 amide bonds. The van der Waals surface area contributed by atoms with Gasteiger partial charge >= 0.3 is 0 Å². The molecule has 0 radical (unpaired) electrons. The minimum Gasteiger partial charge on any atom is -0.361 e. The fraction of sp³-hybridized carbons (Fsp3) is 0.222. The van der Waals surface area contributed by atoms with E-state index < -0.39 is 0 Å². The zero-order chi connectivity index (χ0) is 16.9. The minimum atomic E-state index is 0.643. The molecule has 0 unspecified atom stereocenters. The number of nitrogens with zero attached hydrogens (tertiary/aromatic N) is 2. The van der Waals surface area contributed by atoms with E-state index in [-0.39, 0.29) is 0 Å². The molecule has 2 aromatic carbocycles. The number of benzene rings is 2. The van der Waals surface area contributed by atoms with E-state index >= 15 is 0 Å². The molecule has 0 saturated carbocycles. The van der Waals surface area contributed by atoms with Gasteiger partial charge in [0.2, 0.25) is 0 Å². The lowest BCUT2D eigenvalue weighted by atomic mass is 10.2. The van der Waals surface area contributed by atoms with Crippen LogP contribution in [0.25, 0.3) is 20.8 Å². The first-order chi connectivity index (χ1) is 11.6. The predicted molar refractivity (Wildman–Crippen MR) is 108 cm³/mol. The van der Waals surface area contributed by atoms with Crippen LogP contribution in [0.2, 0.25) is 0 Å². The van der Waals surface area contributed by atoms with Gasteiger partial charge in [-0.15, -0.1) is 11.3 Å². The number of likely N-dealkylation sites (N-methyl/N-ethyl adjacent to an activating group) is 1. The maximum atomic E-state index is 5.31. The summed E-state index contributed by atoms with van der Waals surface area (Å²) < 4.78 is 1.21. The summed E-state index contributed by atoms with van der Waals surface area (Å²) in [5.41, 5.74) is 3.14. The number of thiazole rings is 1. The highest BCUT2D eigenvalue weighted by atomic mass is 32.1. The first-order valence-corrected chi connectivity index (χ1v) is 9.00. The van der Waals surface area contributed by atoms with Gasteiger partial charge in [0.1, 0.15) is 5.01 Å². The van der Waals surface area contributed by atoms with Gasteiger partial charge in [0.25, 0.3) is 0 Å². The van der Waals surface area contributed by atoms with E-state index in [4.69, 9.17) is 12.2 Å². The van der Waals surface area contributed by atoms with Crippen molar-refractivity contribution in [3.05, 3.63) is 48.5 Å². The smallest absolute Gasteiger partial charge is 0.170 e. The van der Waals surface area contributed by atoms with Crippen molar-refractivity contribution >= 4 is 44.6 Å². The number of thiocarbonyl (C=S) groups is 1. The van der Waals surface area contributed by atoms with Crippen molar-refractivity contribution in [2.24, 2.45) is 0 Å². The van der Waals surface area contributed by atoms with E-state index in [9.17, 15) is 0 Å². The summed E-state index contributed by atoms with van der Waals surface area (Å²) in [6.07, 6.45) is 0. The molecule has 0 saturated heterocycles. The van der Waals surface area contributed by atoms with Crippen LogP contribution in [-0.4, -0.2) is 42.2 Å². The SMILES string of the molecule is CN(C)CCNC(=S)Nc1ccc(-c2nc3ccccc3s2)cc1. The average molecular weight is 357 g/mol. The molecule has 0 spiro atoms. The van der Waals surface area contributed by atoms with Crippen molar-refractivity contribution in [2.45, 2.75) is 0 Å². The minimum absolute atomic E-state index is 0.643. The molecule has 1 aromatic heterocycles. The topological polar surface area (TPSA) is 40.2 Å². The van der Waals surface area contributed by atoms with Gasteiger partial charge in [-0.3, -0.25) is 0 Å². The lowest BCUT2D eigenvalue weighted by Gasteiger charge is -2.13. The van der Waals surface area contributed by atoms with Gasteiger partial charge in [-0.1, -0.05) is 12.1 Å². The molecule has 24 heavy (non-hydrogen) atoms. The molecule has 0 aliphatic heterocycles. The number of hydrogen-bond acceptors (Lipinski definition) is 4. The molecule has 0 aliphatic carbocycles. The van der Waals surface area contributed by atoms with Crippen molar-refractivity contribution in [1.29, 1.82) is 0 Å². The summed E-state index contributed by atoms with van der Waals surface area (Å²) in [6, 6.07) is 16.4. The number of aromatic nitrogens is 1. The third kappa shape index (κ3) is 4.29. The van der Waals surface area contributed by atoms with Gasteiger partial charge in [-0.05, 0) is 62.7 Å². The molecule has 4 nitrogen and oxygen atoms in total. The van der Waals surface area contributed by atoms with Gasteiger partial charge in [0.15, 0.2) is 5.11 Å². The third-order valence-electron chi connectivity index (χ3n) is 3.53. The van der Waals surface area contributed by atoms with Crippen molar-refractivity contribution in [2.75, 3.05) is 32.5 Å². The summed E-state index contributed by atoms with van der Waals surface area (Å²) in [4.78, 5) is 6.80. The standard InChI is InChI=1S/C18H20N4S2/c1-22(2)12-11-19-18(23)20-14-9-7-13(8-10-14)17-21-15-5-3-4-6-16(15)24-17/h3-10H,11-12H2,1-2H3,(H2,19,20,23). The second-order valence-electron chi connectivity index (χ2n) is 5.75. The van der Waals surface area contributed by atoms with Crippen LogP contribution in [-0.2, 0) is 0 Å². The monoisotopic (exact) mass is 356 g/mol. The zero-order valence-corrected chi connectivity index (χ0v) is 15.4. The summed E-state index contributed by atoms with van der Waals surface area (Å²) >= 11 is 7.02. The lowest BCUT2D eigenvalue weighted by molar-refractivity contribution is 0.413. The summed E-state index contributed by atoms with van der Waals surface area (Å²) in [7, 11) is 4.08. The van der Waals surface area contributed by atoms with Crippen molar-refractivity contribution < 1.29 is 0 Å². The molecule has 124 valence electrons. The Bertz CT molecular complexity index is 791. The summed E-state index contributed by atoms with van der Waals surface area (Å²) in [6.45, 7) is 1.76. The van der Waals surface area contributed by atoms with Crippen LogP contribution in [0.3, 0.4) is 0 Å². The Morgan fingerprint density at radius 1 is 1.12 bits per heavy atom. The Balaban J connectivity index is 1.63. The molecule has 2 N–H and O–H groups in total. The molecule has 0 bridgehead atoms. The van der Waals surface area contributed by atoms with Crippen LogP contribution in [0.1, 0.15) is 0 Å². The number of anilines is 1. The van der Waals surface area contributed by atoms with E-state index in [1.165, 1.54) is 4.70 Å². The molecule has 0 atom stereocenters. The fourth-order valence-corrected chi connectivity index (χ4v) is 3.45. The van der Waals surface area contributed by atoms with E-state index in [0.717, 1.165) is 34.9 Å². The molecule has 6 heteroatoms. The average Bonchev–Trinajstić information content (AvgIpc) is 2.99. The summed E-state index contributed by atoms with van der Waals surface area (Å²) in [5, 5.41) is 8.08. The third-order valence-corrected chi connectivity index (χ3v) is 4.86. The van der Waals surface area contributed by atoms with Crippen LogP contribution in [0.5, 0.6) is 0 Å². The quantitative estimate of drug-likeness (QED) is 0.680. The Kier molecular flexibility index (Phi) is 5.40. The fourth-order valence-electron chi connectivity index (χ4n) is 2.26. The normalized spacial score (nSPS) is 11.0. The van der Waals surface area contributed by atoms with E-state index in [2.05, 4.69) is 38.7 Å². The van der Waals surface area contributed by atoms with E-state index in [1.807, 2.05) is 44.4 Å². The second-order valence-corrected chi connectivity index (χ2v) is 7.19. The zero-order valence-electron chi connectivity index (χ0n) is 13.7. The first-order valence-electron chi connectivity index (χ1n) is 7.77. The maximum Gasteiger partial charge on any atom is 0.170 e. The van der Waals surface area contributed by atoms with Gasteiger partial charge in [-0.2, -0.15) is 0 Å². The van der Waals surface area contributed by atoms with Gasteiger partial charge < -0.3 is 15.5 Å². The van der Waals surface area contributed by atoms with Crippen LogP contribution in [0.15, 0.2) is 48.5 Å². The molecule has 3 aromatic rings. The van der Waals surface area contributed by atoms with Crippen LogP contribution >= 0.6 is 23.6 Å². The lowest BCUT2D eigenvalue weighted by Crippen LogP contribution is -2.34. The number of nitrogens with one attached hydrogen (secondary N) is 2. The predicted octanol–water partition coefficient (Wildman–Crippen LogP) is 3.81. The maximum absolute atomic E-state index is 5.31. The number of para-hydroxylation sites is 1. The highest BCUT2D eigenvalue weighted by Gasteiger charge is 2.06. The van der Waals surface area contributed by atoms with Gasteiger partial charge in [0, 0.05) is 24.3 Å². The molecule has 0 fully saturated rings. The van der Waals surface area contributed by atoms with E-state index in [1.54, 1.807) is 11.3 Å². The Labute approximate surface area is 151 Å². The Hall–Kier alpha value is -2.02.